The summed E-state index contributed by atoms with van der Waals surface area (Å²) in [7, 11) is 0. The minimum absolute atomic E-state index is 0.155. The fourth-order valence-corrected chi connectivity index (χ4v) is 2.33. The molecule has 3 nitrogen and oxygen atoms in total. The van der Waals surface area contributed by atoms with Crippen LogP contribution < -0.4 is 10.2 Å². The predicted octanol–water partition coefficient (Wildman–Crippen LogP) is 2.96. The molecule has 2 heterocycles. The first-order valence-electron chi connectivity index (χ1n) is 6.92. The zero-order valence-corrected chi connectivity index (χ0v) is 12.0. The van der Waals surface area contributed by atoms with Crippen molar-refractivity contribution in [2.24, 2.45) is 0 Å². The van der Waals surface area contributed by atoms with Crippen LogP contribution in [0.5, 0.6) is 0 Å². The molecule has 0 aliphatic carbocycles. The normalized spacial score (nSPS) is 20.4. The van der Waals surface area contributed by atoms with Crippen LogP contribution in [0.4, 0.5) is 5.82 Å². The Kier molecular flexibility index (Phi) is 3.91. The molecule has 0 amide bonds. The average Bonchev–Trinajstić information content (AvgIpc) is 2.73. The first kappa shape index (κ1) is 13.3. The van der Waals surface area contributed by atoms with Crippen molar-refractivity contribution in [2.45, 2.75) is 58.7 Å². The van der Waals surface area contributed by atoms with Crippen LogP contribution in [-0.4, -0.2) is 23.1 Å². The lowest BCUT2D eigenvalue weighted by molar-refractivity contribution is 0.424. The van der Waals surface area contributed by atoms with Gasteiger partial charge in [0.2, 0.25) is 0 Å². The molecule has 0 radical (unpaired) electrons. The molecular weight excluding hydrogens is 222 g/mol. The van der Waals surface area contributed by atoms with E-state index in [-0.39, 0.29) is 5.54 Å². The first-order valence-corrected chi connectivity index (χ1v) is 6.92. The molecule has 1 saturated heterocycles. The number of anilines is 1. The van der Waals surface area contributed by atoms with E-state index in [1.54, 1.807) is 0 Å². The van der Waals surface area contributed by atoms with Gasteiger partial charge < -0.3 is 10.2 Å². The van der Waals surface area contributed by atoms with Gasteiger partial charge in [-0.25, -0.2) is 4.98 Å². The van der Waals surface area contributed by atoms with Crippen molar-refractivity contribution < 1.29 is 0 Å². The summed E-state index contributed by atoms with van der Waals surface area (Å²) < 4.78 is 0. The van der Waals surface area contributed by atoms with Gasteiger partial charge in [0, 0.05) is 30.9 Å². The van der Waals surface area contributed by atoms with Crippen LogP contribution in [-0.2, 0) is 6.54 Å². The highest BCUT2D eigenvalue weighted by Crippen LogP contribution is 2.23. The number of hydrogen-bond donors (Lipinski definition) is 1. The lowest BCUT2D eigenvalue weighted by Crippen LogP contribution is -2.35. The molecule has 0 aromatic carbocycles. The Bertz CT molecular complexity index is 378. The monoisotopic (exact) mass is 247 g/mol. The number of aromatic nitrogens is 1. The Morgan fingerprint density at radius 1 is 1.39 bits per heavy atom. The maximum atomic E-state index is 4.60. The maximum Gasteiger partial charge on any atom is 0.128 e. The third-order valence-corrected chi connectivity index (χ3v) is 3.48. The van der Waals surface area contributed by atoms with Crippen LogP contribution in [0.3, 0.4) is 0 Å². The van der Waals surface area contributed by atoms with Gasteiger partial charge in [0.1, 0.15) is 5.82 Å². The van der Waals surface area contributed by atoms with E-state index in [1.807, 2.05) is 6.20 Å². The van der Waals surface area contributed by atoms with Crippen molar-refractivity contribution in [1.82, 2.24) is 10.3 Å². The summed E-state index contributed by atoms with van der Waals surface area (Å²) in [4.78, 5) is 7.00. The molecule has 1 aliphatic heterocycles. The Morgan fingerprint density at radius 2 is 2.17 bits per heavy atom. The summed E-state index contributed by atoms with van der Waals surface area (Å²) >= 11 is 0. The third-order valence-electron chi connectivity index (χ3n) is 3.48. The molecule has 1 aliphatic rings. The molecule has 2 rings (SSSR count). The standard InChI is InChI=1S/C15H25N3/c1-12-6-5-9-18(12)14-8-7-13(10-16-14)11-17-15(2,3)4/h7-8,10,12,17H,5-6,9,11H2,1-4H3. The van der Waals surface area contributed by atoms with E-state index in [9.17, 15) is 0 Å². The number of nitrogens with one attached hydrogen (secondary N) is 1. The average molecular weight is 247 g/mol. The molecule has 18 heavy (non-hydrogen) atoms. The smallest absolute Gasteiger partial charge is 0.128 e. The molecule has 1 atom stereocenters. The van der Waals surface area contributed by atoms with Gasteiger partial charge in [-0.15, -0.1) is 0 Å². The van der Waals surface area contributed by atoms with Crippen molar-refractivity contribution >= 4 is 5.82 Å². The molecule has 1 aromatic heterocycles. The van der Waals surface area contributed by atoms with Gasteiger partial charge in [0.25, 0.3) is 0 Å². The topological polar surface area (TPSA) is 28.2 Å². The van der Waals surface area contributed by atoms with Crippen molar-refractivity contribution in [2.75, 3.05) is 11.4 Å². The number of pyridine rings is 1. The maximum absolute atomic E-state index is 4.60. The minimum atomic E-state index is 0.155. The van der Waals surface area contributed by atoms with Crippen LogP contribution >= 0.6 is 0 Å². The molecule has 1 aromatic rings. The second kappa shape index (κ2) is 5.27. The van der Waals surface area contributed by atoms with E-state index in [0.29, 0.717) is 6.04 Å². The van der Waals surface area contributed by atoms with Gasteiger partial charge in [0.15, 0.2) is 0 Å². The molecule has 1 unspecified atom stereocenters. The minimum Gasteiger partial charge on any atom is -0.354 e. The van der Waals surface area contributed by atoms with E-state index < -0.39 is 0 Å². The van der Waals surface area contributed by atoms with Gasteiger partial charge in [-0.05, 0) is 52.2 Å². The highest BCUT2D eigenvalue weighted by atomic mass is 15.2. The zero-order chi connectivity index (χ0) is 13.2. The summed E-state index contributed by atoms with van der Waals surface area (Å²) in [5.41, 5.74) is 1.41. The van der Waals surface area contributed by atoms with Crippen LogP contribution in [0.1, 0.15) is 46.1 Å². The second-order valence-electron chi connectivity index (χ2n) is 6.31. The molecule has 1 N–H and O–H groups in total. The Labute approximate surface area is 111 Å². The molecule has 0 saturated carbocycles. The summed E-state index contributed by atoms with van der Waals surface area (Å²) in [6.45, 7) is 10.9. The molecule has 100 valence electrons. The van der Waals surface area contributed by atoms with E-state index in [0.717, 1.165) is 18.9 Å². The largest absolute Gasteiger partial charge is 0.354 e. The summed E-state index contributed by atoms with van der Waals surface area (Å²) in [6, 6.07) is 4.98. The second-order valence-corrected chi connectivity index (χ2v) is 6.31. The number of nitrogens with zero attached hydrogens (tertiary/aromatic N) is 2. The van der Waals surface area contributed by atoms with E-state index in [2.05, 4.69) is 55.0 Å². The van der Waals surface area contributed by atoms with E-state index in [1.165, 1.54) is 18.4 Å². The van der Waals surface area contributed by atoms with Crippen LogP contribution in [0.2, 0.25) is 0 Å². The van der Waals surface area contributed by atoms with E-state index in [4.69, 9.17) is 0 Å². The van der Waals surface area contributed by atoms with Crippen molar-refractivity contribution in [3.8, 4) is 0 Å². The van der Waals surface area contributed by atoms with Crippen LogP contribution in [0, 0.1) is 0 Å². The van der Waals surface area contributed by atoms with Crippen molar-refractivity contribution in [1.29, 1.82) is 0 Å². The number of rotatable bonds is 3. The van der Waals surface area contributed by atoms with Gasteiger partial charge in [-0.3, -0.25) is 0 Å². The Morgan fingerprint density at radius 3 is 2.67 bits per heavy atom. The summed E-state index contributed by atoms with van der Waals surface area (Å²) in [6.07, 6.45) is 4.57. The lowest BCUT2D eigenvalue weighted by Gasteiger charge is -2.23. The molecule has 3 heteroatoms. The van der Waals surface area contributed by atoms with Gasteiger partial charge >= 0.3 is 0 Å². The van der Waals surface area contributed by atoms with Gasteiger partial charge in [-0.1, -0.05) is 6.07 Å². The van der Waals surface area contributed by atoms with Gasteiger partial charge in [0.05, 0.1) is 0 Å². The molecule has 0 bridgehead atoms. The SMILES string of the molecule is CC1CCCN1c1ccc(CNC(C)(C)C)cn1. The first-order chi connectivity index (χ1) is 8.46. The summed E-state index contributed by atoms with van der Waals surface area (Å²) in [5.74, 6) is 1.12. The molecular formula is C15H25N3. The molecule has 0 spiro atoms. The Hall–Kier alpha value is -1.09. The quantitative estimate of drug-likeness (QED) is 0.890. The summed E-state index contributed by atoms with van der Waals surface area (Å²) in [5, 5.41) is 3.48. The highest BCUT2D eigenvalue weighted by molar-refractivity contribution is 5.41. The van der Waals surface area contributed by atoms with Crippen molar-refractivity contribution in [3.63, 3.8) is 0 Å². The van der Waals surface area contributed by atoms with Crippen LogP contribution in [0.15, 0.2) is 18.3 Å². The number of hydrogen-bond acceptors (Lipinski definition) is 3. The highest BCUT2D eigenvalue weighted by Gasteiger charge is 2.21. The molecule has 1 fully saturated rings. The lowest BCUT2D eigenvalue weighted by atomic mass is 10.1. The van der Waals surface area contributed by atoms with E-state index >= 15 is 0 Å². The predicted molar refractivity (Wildman–Crippen MR) is 76.9 cm³/mol. The third kappa shape index (κ3) is 3.45. The fraction of sp³-hybridized carbons (Fsp3) is 0.667. The zero-order valence-electron chi connectivity index (χ0n) is 12.0. The fourth-order valence-electron chi connectivity index (χ4n) is 2.33. The van der Waals surface area contributed by atoms with Crippen LogP contribution in [0.25, 0.3) is 0 Å². The van der Waals surface area contributed by atoms with Crippen molar-refractivity contribution in [3.05, 3.63) is 23.9 Å². The van der Waals surface area contributed by atoms with Gasteiger partial charge in [-0.2, -0.15) is 0 Å². The Balaban J connectivity index is 1.97.